The van der Waals surface area contributed by atoms with Crippen LogP contribution in [0.5, 0.6) is 17.2 Å². The minimum absolute atomic E-state index is 0.266. The van der Waals surface area contributed by atoms with E-state index in [4.69, 9.17) is 4.74 Å². The first-order chi connectivity index (χ1) is 15.7. The van der Waals surface area contributed by atoms with Crippen LogP contribution in [0.2, 0.25) is 0 Å². The highest BCUT2D eigenvalue weighted by Gasteiger charge is 2.16. The maximum atomic E-state index is 10.1. The van der Waals surface area contributed by atoms with Gasteiger partial charge in [0.15, 0.2) is 0 Å². The Hall–Kier alpha value is -3.02. The van der Waals surface area contributed by atoms with Gasteiger partial charge in [-0.25, -0.2) is 0 Å². The van der Waals surface area contributed by atoms with Gasteiger partial charge < -0.3 is 14.9 Å². The summed E-state index contributed by atoms with van der Waals surface area (Å²) in [7, 11) is 0. The lowest BCUT2D eigenvalue weighted by Crippen LogP contribution is -2.25. The van der Waals surface area contributed by atoms with Crippen LogP contribution in [0.3, 0.4) is 0 Å². The van der Waals surface area contributed by atoms with Gasteiger partial charge in [0.25, 0.3) is 0 Å². The topological polar surface area (TPSA) is 52.9 Å². The van der Waals surface area contributed by atoms with Crippen LogP contribution in [0.1, 0.15) is 24.0 Å². The molecule has 32 heavy (non-hydrogen) atoms. The second kappa shape index (κ2) is 9.23. The summed E-state index contributed by atoms with van der Waals surface area (Å²) in [5.74, 6) is 1.43. The Labute approximate surface area is 192 Å². The SMILES string of the molecule is Oc1ccc(Cc2c(-c3ccc(OCCN4CCCC4)cc3)sc3ccc(O)cc23)cc1. The number of nitrogens with zero attached hydrogens (tertiary/aromatic N) is 1. The van der Waals surface area contributed by atoms with Gasteiger partial charge in [0.05, 0.1) is 0 Å². The zero-order chi connectivity index (χ0) is 21.9. The smallest absolute Gasteiger partial charge is 0.119 e. The summed E-state index contributed by atoms with van der Waals surface area (Å²) in [5, 5.41) is 20.8. The van der Waals surface area contributed by atoms with Crippen molar-refractivity contribution in [2.75, 3.05) is 26.2 Å². The predicted octanol–water partition coefficient (Wildman–Crippen LogP) is 6.04. The van der Waals surface area contributed by atoms with Gasteiger partial charge in [-0.15, -0.1) is 11.3 Å². The molecule has 0 bridgehead atoms. The van der Waals surface area contributed by atoms with Crippen LogP contribution in [-0.2, 0) is 6.42 Å². The molecule has 4 aromatic rings. The van der Waals surface area contributed by atoms with E-state index in [1.807, 2.05) is 36.4 Å². The number of benzene rings is 3. The molecule has 1 fully saturated rings. The van der Waals surface area contributed by atoms with Crippen molar-refractivity contribution in [2.45, 2.75) is 19.3 Å². The first-order valence-corrected chi connectivity index (χ1v) is 12.0. The van der Waals surface area contributed by atoms with E-state index in [9.17, 15) is 10.2 Å². The Bertz CT molecular complexity index is 1190. The maximum Gasteiger partial charge on any atom is 0.119 e. The Kier molecular flexibility index (Phi) is 6.02. The fraction of sp³-hybridized carbons (Fsp3) is 0.259. The molecule has 0 spiro atoms. The molecule has 1 aliphatic rings. The van der Waals surface area contributed by atoms with Crippen molar-refractivity contribution >= 4 is 21.4 Å². The minimum atomic E-state index is 0.266. The van der Waals surface area contributed by atoms with Crippen molar-refractivity contribution in [1.29, 1.82) is 0 Å². The van der Waals surface area contributed by atoms with Gasteiger partial charge in [0.1, 0.15) is 23.9 Å². The van der Waals surface area contributed by atoms with E-state index in [-0.39, 0.29) is 11.5 Å². The van der Waals surface area contributed by atoms with Gasteiger partial charge in [-0.05, 0) is 104 Å². The van der Waals surface area contributed by atoms with Crippen molar-refractivity contribution in [1.82, 2.24) is 4.90 Å². The molecule has 0 amide bonds. The van der Waals surface area contributed by atoms with Gasteiger partial charge >= 0.3 is 0 Å². The standard InChI is InChI=1S/C27H27NO3S/c29-21-7-3-19(4-8-21)17-25-24-18-22(30)9-12-26(24)32-27(25)20-5-10-23(11-6-20)31-16-15-28-13-1-2-14-28/h3-12,18,29-30H,1-2,13-17H2. The number of phenols is 2. The van der Waals surface area contributed by atoms with Crippen LogP contribution in [0.25, 0.3) is 20.5 Å². The Morgan fingerprint density at radius 1 is 0.844 bits per heavy atom. The second-order valence-electron chi connectivity index (χ2n) is 8.36. The highest BCUT2D eigenvalue weighted by molar-refractivity contribution is 7.22. The number of ether oxygens (including phenoxy) is 1. The number of aromatic hydroxyl groups is 2. The quantitative estimate of drug-likeness (QED) is 0.364. The molecule has 5 rings (SSSR count). The Balaban J connectivity index is 1.40. The molecule has 3 aromatic carbocycles. The number of rotatable bonds is 7. The van der Waals surface area contributed by atoms with Gasteiger partial charge in [0, 0.05) is 21.5 Å². The van der Waals surface area contributed by atoms with E-state index in [0.29, 0.717) is 6.61 Å². The zero-order valence-electron chi connectivity index (χ0n) is 18.0. The fourth-order valence-corrected chi connectivity index (χ4v) is 5.57. The molecule has 0 atom stereocenters. The fourth-order valence-electron chi connectivity index (χ4n) is 4.36. The number of fused-ring (bicyclic) bond motifs is 1. The van der Waals surface area contributed by atoms with Crippen LogP contribution >= 0.6 is 11.3 Å². The van der Waals surface area contributed by atoms with Crippen LogP contribution in [0, 0.1) is 0 Å². The second-order valence-corrected chi connectivity index (χ2v) is 9.41. The molecule has 1 saturated heterocycles. The zero-order valence-corrected chi connectivity index (χ0v) is 18.8. The Morgan fingerprint density at radius 2 is 1.56 bits per heavy atom. The summed E-state index contributed by atoms with van der Waals surface area (Å²) in [6.07, 6.45) is 3.33. The van der Waals surface area contributed by atoms with Crippen molar-refractivity contribution in [3.05, 3.63) is 77.9 Å². The van der Waals surface area contributed by atoms with Crippen LogP contribution in [-0.4, -0.2) is 41.4 Å². The lowest BCUT2D eigenvalue weighted by molar-refractivity contribution is 0.238. The first kappa shape index (κ1) is 20.9. The summed E-state index contributed by atoms with van der Waals surface area (Å²) in [6, 6.07) is 21.2. The molecule has 0 radical (unpaired) electrons. The number of phenolic OH excluding ortho intramolecular Hbond substituents is 2. The normalized spacial score (nSPS) is 14.2. The van der Waals surface area contributed by atoms with Crippen LogP contribution in [0.4, 0.5) is 0 Å². The van der Waals surface area contributed by atoms with E-state index in [2.05, 4.69) is 17.0 Å². The largest absolute Gasteiger partial charge is 0.508 e. The third kappa shape index (κ3) is 4.59. The van der Waals surface area contributed by atoms with Gasteiger partial charge in [0.2, 0.25) is 0 Å². The third-order valence-electron chi connectivity index (χ3n) is 6.08. The number of thiophene rings is 1. The molecule has 2 N–H and O–H groups in total. The van der Waals surface area contributed by atoms with E-state index in [0.717, 1.165) is 39.9 Å². The molecule has 5 heteroatoms. The molecule has 0 unspecified atom stereocenters. The van der Waals surface area contributed by atoms with Crippen molar-refractivity contribution < 1.29 is 14.9 Å². The van der Waals surface area contributed by atoms with Crippen molar-refractivity contribution in [3.63, 3.8) is 0 Å². The highest BCUT2D eigenvalue weighted by atomic mass is 32.1. The summed E-state index contributed by atoms with van der Waals surface area (Å²) in [5.41, 5.74) is 3.45. The number of likely N-dealkylation sites (tertiary alicyclic amines) is 1. The maximum absolute atomic E-state index is 10.1. The molecule has 2 heterocycles. The molecule has 1 aromatic heterocycles. The molecular weight excluding hydrogens is 418 g/mol. The summed E-state index contributed by atoms with van der Waals surface area (Å²) in [4.78, 5) is 3.65. The minimum Gasteiger partial charge on any atom is -0.508 e. The van der Waals surface area contributed by atoms with Crippen molar-refractivity contribution in [3.8, 4) is 27.7 Å². The molecule has 4 nitrogen and oxygen atoms in total. The summed E-state index contributed by atoms with van der Waals surface area (Å²) >= 11 is 1.74. The van der Waals surface area contributed by atoms with E-state index < -0.39 is 0 Å². The number of hydrogen-bond donors (Lipinski definition) is 2. The Morgan fingerprint density at radius 3 is 2.31 bits per heavy atom. The number of hydrogen-bond acceptors (Lipinski definition) is 5. The van der Waals surface area contributed by atoms with Crippen molar-refractivity contribution in [2.24, 2.45) is 0 Å². The molecule has 164 valence electrons. The summed E-state index contributed by atoms with van der Waals surface area (Å²) < 4.78 is 7.13. The van der Waals surface area contributed by atoms with Crippen LogP contribution in [0.15, 0.2) is 66.7 Å². The van der Waals surface area contributed by atoms with E-state index in [1.54, 1.807) is 29.5 Å². The monoisotopic (exact) mass is 445 g/mol. The van der Waals surface area contributed by atoms with Gasteiger partial charge in [-0.1, -0.05) is 12.1 Å². The average molecular weight is 446 g/mol. The lowest BCUT2D eigenvalue weighted by atomic mass is 9.98. The predicted molar refractivity (Wildman–Crippen MR) is 131 cm³/mol. The highest BCUT2D eigenvalue weighted by Crippen LogP contribution is 2.41. The van der Waals surface area contributed by atoms with Gasteiger partial charge in [-0.3, -0.25) is 4.90 Å². The van der Waals surface area contributed by atoms with Crippen LogP contribution < -0.4 is 4.74 Å². The van der Waals surface area contributed by atoms with E-state index >= 15 is 0 Å². The molecule has 0 aliphatic carbocycles. The lowest BCUT2D eigenvalue weighted by Gasteiger charge is -2.15. The molecular formula is C27H27NO3S. The first-order valence-electron chi connectivity index (χ1n) is 11.1. The molecule has 0 saturated carbocycles. The average Bonchev–Trinajstić information content (AvgIpc) is 3.44. The molecule has 1 aliphatic heterocycles. The summed E-state index contributed by atoms with van der Waals surface area (Å²) in [6.45, 7) is 4.08. The third-order valence-corrected chi connectivity index (χ3v) is 7.35. The van der Waals surface area contributed by atoms with Gasteiger partial charge in [-0.2, -0.15) is 0 Å². The van der Waals surface area contributed by atoms with E-state index in [1.165, 1.54) is 36.4 Å².